The second kappa shape index (κ2) is 15.6. The van der Waals surface area contributed by atoms with E-state index in [0.717, 1.165) is 67.8 Å². The molecule has 0 saturated carbocycles. The highest BCUT2D eigenvalue weighted by atomic mass is 14.8. The Morgan fingerprint density at radius 2 is 0.750 bits per heavy atom. The van der Waals surface area contributed by atoms with Crippen LogP contribution < -0.4 is 0 Å². The standard InChI is InChI=1S/C42H32N6/c1-31(19-21-33-27-39(35-15-5-9-23-43-35)47-40(28-33)36-16-6-10-24-44-36)13-3-4-14-32(2)20-22-34-29-41(37-17-7-11-25-45-37)48-42(30-34)38-18-8-12-26-46-38/h5-30H,1-2H3/b21-19+,22-20+,31-13+,32-14+. The first kappa shape index (κ1) is 31.4. The molecular weight excluding hydrogens is 589 g/mol. The van der Waals surface area contributed by atoms with Crippen LogP contribution in [-0.4, -0.2) is 29.9 Å². The van der Waals surface area contributed by atoms with Crippen molar-refractivity contribution in [3.8, 4) is 57.4 Å². The summed E-state index contributed by atoms with van der Waals surface area (Å²) < 4.78 is 0. The lowest BCUT2D eigenvalue weighted by Gasteiger charge is -2.06. The molecule has 0 spiro atoms. The summed E-state index contributed by atoms with van der Waals surface area (Å²) in [4.78, 5) is 27.6. The largest absolute Gasteiger partial charge is 0.255 e. The van der Waals surface area contributed by atoms with Crippen molar-refractivity contribution in [3.63, 3.8) is 0 Å². The van der Waals surface area contributed by atoms with E-state index in [1.807, 2.05) is 135 Å². The van der Waals surface area contributed by atoms with Gasteiger partial charge >= 0.3 is 0 Å². The van der Waals surface area contributed by atoms with E-state index in [0.29, 0.717) is 0 Å². The van der Waals surface area contributed by atoms with Gasteiger partial charge in [0.15, 0.2) is 0 Å². The van der Waals surface area contributed by atoms with Crippen molar-refractivity contribution >= 4 is 12.2 Å². The summed E-state index contributed by atoms with van der Waals surface area (Å²) in [5, 5.41) is 0. The van der Waals surface area contributed by atoms with Gasteiger partial charge in [-0.15, -0.1) is 0 Å². The second-order valence-corrected chi connectivity index (χ2v) is 10.9. The molecule has 0 radical (unpaired) electrons. The van der Waals surface area contributed by atoms with E-state index in [1.54, 1.807) is 24.8 Å². The highest BCUT2D eigenvalue weighted by Gasteiger charge is 2.09. The van der Waals surface area contributed by atoms with Crippen LogP contribution in [0.5, 0.6) is 0 Å². The van der Waals surface area contributed by atoms with Crippen LogP contribution >= 0.6 is 0 Å². The fourth-order valence-corrected chi connectivity index (χ4v) is 4.74. The minimum absolute atomic E-state index is 0.793. The monoisotopic (exact) mass is 620 g/mol. The average Bonchev–Trinajstić information content (AvgIpc) is 3.16. The molecular formula is C42H32N6. The number of aromatic nitrogens is 6. The predicted molar refractivity (Wildman–Crippen MR) is 195 cm³/mol. The first-order valence-electron chi connectivity index (χ1n) is 15.5. The topological polar surface area (TPSA) is 77.3 Å². The molecule has 6 heterocycles. The molecule has 0 aliphatic carbocycles. The molecule has 0 aliphatic heterocycles. The molecule has 0 unspecified atom stereocenters. The molecule has 6 heteroatoms. The minimum atomic E-state index is 0.793. The van der Waals surface area contributed by atoms with E-state index in [2.05, 4.69) is 43.9 Å². The number of rotatable bonds is 8. The third-order valence-corrected chi connectivity index (χ3v) is 7.17. The quantitative estimate of drug-likeness (QED) is 0.125. The normalized spacial score (nSPS) is 11.9. The van der Waals surface area contributed by atoms with Gasteiger partial charge in [0.25, 0.3) is 0 Å². The van der Waals surface area contributed by atoms with Crippen molar-refractivity contribution in [2.45, 2.75) is 13.8 Å². The maximum atomic E-state index is 4.83. The zero-order valence-electron chi connectivity index (χ0n) is 26.7. The summed E-state index contributed by atoms with van der Waals surface area (Å²) in [5.41, 5.74) is 10.5. The van der Waals surface area contributed by atoms with Crippen molar-refractivity contribution in [3.05, 3.63) is 168 Å². The van der Waals surface area contributed by atoms with Crippen LogP contribution in [0, 0.1) is 11.8 Å². The molecule has 6 aromatic heterocycles. The molecule has 0 N–H and O–H groups in total. The Balaban J connectivity index is 1.18. The summed E-state index contributed by atoms with van der Waals surface area (Å²) >= 11 is 0. The van der Waals surface area contributed by atoms with Crippen LogP contribution in [0.2, 0.25) is 0 Å². The van der Waals surface area contributed by atoms with Gasteiger partial charge in [-0.3, -0.25) is 19.9 Å². The molecule has 0 saturated heterocycles. The fraction of sp³-hybridized carbons (Fsp3) is 0.0476. The van der Waals surface area contributed by atoms with E-state index >= 15 is 0 Å². The highest BCUT2D eigenvalue weighted by molar-refractivity contribution is 5.70. The molecule has 48 heavy (non-hydrogen) atoms. The number of nitrogens with zero attached hydrogens (tertiary/aromatic N) is 6. The van der Waals surface area contributed by atoms with Gasteiger partial charge in [0, 0.05) is 24.8 Å². The van der Waals surface area contributed by atoms with Crippen LogP contribution in [0.25, 0.3) is 57.7 Å². The van der Waals surface area contributed by atoms with Gasteiger partial charge in [0.1, 0.15) is 0 Å². The molecule has 6 rings (SSSR count). The van der Waals surface area contributed by atoms with Gasteiger partial charge in [-0.25, -0.2) is 9.97 Å². The van der Waals surface area contributed by atoms with E-state index in [-0.39, 0.29) is 0 Å². The van der Waals surface area contributed by atoms with Crippen LogP contribution in [0.3, 0.4) is 0 Å². The lowest BCUT2D eigenvalue weighted by Crippen LogP contribution is -1.93. The van der Waals surface area contributed by atoms with Gasteiger partial charge in [0.2, 0.25) is 0 Å². The Labute approximate surface area is 281 Å². The van der Waals surface area contributed by atoms with Gasteiger partial charge < -0.3 is 0 Å². The molecule has 6 aromatic rings. The molecule has 230 valence electrons. The lowest BCUT2D eigenvalue weighted by atomic mass is 10.1. The summed E-state index contributed by atoms with van der Waals surface area (Å²) in [6, 6.07) is 31.4. The van der Waals surface area contributed by atoms with E-state index in [1.165, 1.54) is 0 Å². The summed E-state index contributed by atoms with van der Waals surface area (Å²) in [7, 11) is 0. The average molecular weight is 621 g/mol. The van der Waals surface area contributed by atoms with E-state index < -0.39 is 0 Å². The number of hydrogen-bond donors (Lipinski definition) is 0. The van der Waals surface area contributed by atoms with Crippen molar-refractivity contribution in [2.24, 2.45) is 0 Å². The predicted octanol–water partition coefficient (Wildman–Crippen LogP) is 9.35. The maximum Gasteiger partial charge on any atom is 0.0900 e. The van der Waals surface area contributed by atoms with Gasteiger partial charge in [0.05, 0.1) is 45.6 Å². The zero-order valence-corrected chi connectivity index (χ0v) is 26.7. The van der Waals surface area contributed by atoms with Gasteiger partial charge in [-0.05, 0) is 121 Å². The van der Waals surface area contributed by atoms with Crippen molar-refractivity contribution in [1.29, 1.82) is 0 Å². The second-order valence-electron chi connectivity index (χ2n) is 10.9. The molecule has 0 amide bonds. The molecule has 0 fully saturated rings. The smallest absolute Gasteiger partial charge is 0.0900 e. The van der Waals surface area contributed by atoms with Crippen molar-refractivity contribution < 1.29 is 0 Å². The third kappa shape index (κ3) is 8.57. The van der Waals surface area contributed by atoms with E-state index in [4.69, 9.17) is 9.97 Å². The van der Waals surface area contributed by atoms with Crippen molar-refractivity contribution in [2.75, 3.05) is 0 Å². The lowest BCUT2D eigenvalue weighted by molar-refractivity contribution is 1.21. The number of pyridine rings is 6. The summed E-state index contributed by atoms with van der Waals surface area (Å²) in [5.74, 6) is 6.31. The summed E-state index contributed by atoms with van der Waals surface area (Å²) in [6.07, 6.45) is 19.1. The van der Waals surface area contributed by atoms with Gasteiger partial charge in [-0.1, -0.05) is 60.4 Å². The Kier molecular flexibility index (Phi) is 10.2. The minimum Gasteiger partial charge on any atom is -0.255 e. The molecule has 0 atom stereocenters. The Hall–Kier alpha value is -6.58. The molecule has 6 nitrogen and oxygen atoms in total. The highest BCUT2D eigenvalue weighted by Crippen LogP contribution is 2.25. The Bertz CT molecular complexity index is 1900. The van der Waals surface area contributed by atoms with Crippen LogP contribution in [0.4, 0.5) is 0 Å². The first-order valence-corrected chi connectivity index (χ1v) is 15.5. The number of allylic oxidation sites excluding steroid dienone is 6. The fourth-order valence-electron chi connectivity index (χ4n) is 4.74. The Morgan fingerprint density at radius 1 is 0.438 bits per heavy atom. The van der Waals surface area contributed by atoms with Crippen LogP contribution in [0.1, 0.15) is 25.0 Å². The first-order chi connectivity index (χ1) is 23.6. The summed E-state index contributed by atoms with van der Waals surface area (Å²) in [6.45, 7) is 4.06. The zero-order chi connectivity index (χ0) is 33.0. The van der Waals surface area contributed by atoms with E-state index in [9.17, 15) is 0 Å². The number of hydrogen-bond acceptors (Lipinski definition) is 6. The Morgan fingerprint density at radius 3 is 1.02 bits per heavy atom. The maximum absolute atomic E-state index is 4.83. The third-order valence-electron chi connectivity index (χ3n) is 7.17. The molecule has 0 aromatic carbocycles. The molecule has 0 aliphatic rings. The van der Waals surface area contributed by atoms with Gasteiger partial charge in [-0.2, -0.15) is 0 Å². The van der Waals surface area contributed by atoms with Crippen LogP contribution in [-0.2, 0) is 0 Å². The SMILES string of the molecule is CC(/C=C/c1cc(-c2ccccn2)nc(-c2ccccn2)c1)=C\C#C/C=C(C)/C=C/c1cc(-c2ccccn2)nc(-c2ccccn2)c1. The van der Waals surface area contributed by atoms with Crippen molar-refractivity contribution in [1.82, 2.24) is 29.9 Å². The van der Waals surface area contributed by atoms with Crippen LogP contribution in [0.15, 0.2) is 157 Å². The molecule has 0 bridgehead atoms.